The van der Waals surface area contributed by atoms with Crippen LogP contribution in [0.3, 0.4) is 0 Å². The second kappa shape index (κ2) is 7.74. The monoisotopic (exact) mass is 448 g/mol. The van der Waals surface area contributed by atoms with Gasteiger partial charge in [-0.1, -0.05) is 65.7 Å². The molecule has 6 heteroatoms. The van der Waals surface area contributed by atoms with E-state index in [1.54, 1.807) is 9.80 Å². The van der Waals surface area contributed by atoms with Crippen LogP contribution >= 0.6 is 23.4 Å². The number of nitrogens with zero attached hydrogens (tertiary/aromatic N) is 2. The van der Waals surface area contributed by atoms with Crippen molar-refractivity contribution in [3.63, 3.8) is 0 Å². The molecule has 1 saturated heterocycles. The van der Waals surface area contributed by atoms with Gasteiger partial charge in [0.05, 0.1) is 12.2 Å². The minimum atomic E-state index is -1.04. The highest BCUT2D eigenvalue weighted by molar-refractivity contribution is 8.01. The molecule has 156 valence electrons. The number of hydrogen-bond acceptors (Lipinski definition) is 3. The van der Waals surface area contributed by atoms with Crippen LogP contribution in [0.25, 0.3) is 0 Å². The molecule has 2 aliphatic heterocycles. The Balaban J connectivity index is 1.58. The Labute approximate surface area is 190 Å². The van der Waals surface area contributed by atoms with Gasteiger partial charge in [0.2, 0.25) is 0 Å². The Bertz CT molecular complexity index is 1180. The maximum atomic E-state index is 14.0. The molecule has 0 bridgehead atoms. The normalized spacial score (nSPS) is 19.9. The van der Waals surface area contributed by atoms with Crippen LogP contribution in [-0.2, 0) is 16.2 Å². The number of aryl methyl sites for hydroxylation is 1. The van der Waals surface area contributed by atoms with Crippen molar-refractivity contribution in [2.75, 3.05) is 17.2 Å². The molecule has 0 aromatic heterocycles. The molecular weight excluding hydrogens is 428 g/mol. The van der Waals surface area contributed by atoms with Gasteiger partial charge in [-0.2, -0.15) is 0 Å². The lowest BCUT2D eigenvalue weighted by Crippen LogP contribution is -2.50. The van der Waals surface area contributed by atoms with Gasteiger partial charge in [-0.25, -0.2) is 0 Å². The number of amides is 2. The number of para-hydroxylation sites is 1. The van der Waals surface area contributed by atoms with E-state index in [1.165, 1.54) is 11.8 Å². The zero-order chi connectivity index (χ0) is 21.6. The first-order valence-corrected chi connectivity index (χ1v) is 11.6. The zero-order valence-corrected chi connectivity index (χ0v) is 18.6. The standard InChI is InChI=1S/C25H21ClN2O2S/c1-17-10-12-18(13-11-17)23(29)28-14-15-31-25(28)20-7-3-5-9-22(20)27(24(25)30)16-19-6-2-4-8-21(19)26/h2-13H,14-16H2,1H3. The molecule has 2 heterocycles. The molecule has 5 rings (SSSR count). The van der Waals surface area contributed by atoms with E-state index in [1.807, 2.05) is 79.7 Å². The Morgan fingerprint density at radius 2 is 1.74 bits per heavy atom. The van der Waals surface area contributed by atoms with E-state index in [0.717, 1.165) is 22.4 Å². The van der Waals surface area contributed by atoms with Crippen LogP contribution < -0.4 is 4.90 Å². The number of benzene rings is 3. The summed E-state index contributed by atoms with van der Waals surface area (Å²) in [7, 11) is 0. The molecule has 1 fully saturated rings. The molecule has 4 nitrogen and oxygen atoms in total. The van der Waals surface area contributed by atoms with E-state index in [4.69, 9.17) is 11.6 Å². The molecule has 1 spiro atoms. The van der Waals surface area contributed by atoms with E-state index < -0.39 is 4.87 Å². The fourth-order valence-corrected chi connectivity index (χ4v) is 6.03. The summed E-state index contributed by atoms with van der Waals surface area (Å²) in [6.45, 7) is 2.88. The smallest absolute Gasteiger partial charge is 0.268 e. The average Bonchev–Trinajstić information content (AvgIpc) is 3.32. The lowest BCUT2D eigenvalue weighted by atomic mass is 10.0. The highest BCUT2D eigenvalue weighted by Gasteiger charge is 2.59. The predicted molar refractivity (Wildman–Crippen MR) is 125 cm³/mol. The molecule has 0 radical (unpaired) electrons. The van der Waals surface area contributed by atoms with Crippen molar-refractivity contribution in [2.45, 2.75) is 18.3 Å². The molecule has 3 aromatic carbocycles. The molecule has 2 amide bonds. The summed E-state index contributed by atoms with van der Waals surface area (Å²) < 4.78 is 0. The fraction of sp³-hybridized carbons (Fsp3) is 0.200. The van der Waals surface area contributed by atoms with Crippen molar-refractivity contribution >= 4 is 40.9 Å². The molecule has 31 heavy (non-hydrogen) atoms. The van der Waals surface area contributed by atoms with Crippen molar-refractivity contribution in [2.24, 2.45) is 0 Å². The van der Waals surface area contributed by atoms with E-state index in [0.29, 0.717) is 29.4 Å². The molecule has 3 aromatic rings. The van der Waals surface area contributed by atoms with Gasteiger partial charge in [0.1, 0.15) is 0 Å². The summed E-state index contributed by atoms with van der Waals surface area (Å²) >= 11 is 7.93. The number of rotatable bonds is 3. The van der Waals surface area contributed by atoms with E-state index in [2.05, 4.69) is 0 Å². The van der Waals surface area contributed by atoms with Crippen LogP contribution in [0.5, 0.6) is 0 Å². The molecule has 1 atom stereocenters. The average molecular weight is 449 g/mol. The third-order valence-electron chi connectivity index (χ3n) is 5.93. The van der Waals surface area contributed by atoms with Crippen LogP contribution in [0.1, 0.15) is 27.0 Å². The number of thioether (sulfide) groups is 1. The quantitative estimate of drug-likeness (QED) is 0.550. The first-order chi connectivity index (χ1) is 15.0. The lowest BCUT2D eigenvalue weighted by molar-refractivity contribution is -0.123. The van der Waals surface area contributed by atoms with E-state index in [-0.39, 0.29) is 11.8 Å². The summed E-state index contributed by atoms with van der Waals surface area (Å²) in [6, 6.07) is 22.9. The summed E-state index contributed by atoms with van der Waals surface area (Å²) in [5.41, 5.74) is 4.28. The third-order valence-corrected chi connectivity index (χ3v) is 7.72. The molecule has 0 aliphatic carbocycles. The van der Waals surface area contributed by atoms with Gasteiger partial charge in [-0.15, -0.1) is 11.8 Å². The molecular formula is C25H21ClN2O2S. The Morgan fingerprint density at radius 3 is 2.52 bits per heavy atom. The second-order valence-corrected chi connectivity index (χ2v) is 9.51. The van der Waals surface area contributed by atoms with Gasteiger partial charge in [0.25, 0.3) is 11.8 Å². The van der Waals surface area contributed by atoms with E-state index in [9.17, 15) is 9.59 Å². The number of carbonyl (C=O) groups excluding carboxylic acids is 2. The van der Waals surface area contributed by atoms with Gasteiger partial charge in [0, 0.05) is 28.4 Å². The fourth-order valence-electron chi connectivity index (χ4n) is 4.37. The van der Waals surface area contributed by atoms with Crippen molar-refractivity contribution < 1.29 is 9.59 Å². The topological polar surface area (TPSA) is 40.6 Å². The second-order valence-electron chi connectivity index (χ2n) is 7.82. The first kappa shape index (κ1) is 20.2. The summed E-state index contributed by atoms with van der Waals surface area (Å²) in [6.07, 6.45) is 0. The Morgan fingerprint density at radius 1 is 1.03 bits per heavy atom. The highest BCUT2D eigenvalue weighted by Crippen LogP contribution is 2.54. The molecule has 2 aliphatic rings. The van der Waals surface area contributed by atoms with Crippen LogP contribution in [-0.4, -0.2) is 29.0 Å². The van der Waals surface area contributed by atoms with Crippen molar-refractivity contribution in [3.05, 3.63) is 100 Å². The van der Waals surface area contributed by atoms with Gasteiger partial charge in [-0.05, 0) is 36.8 Å². The highest BCUT2D eigenvalue weighted by atomic mass is 35.5. The first-order valence-electron chi connectivity index (χ1n) is 10.2. The Kier molecular flexibility index (Phi) is 5.03. The van der Waals surface area contributed by atoms with E-state index >= 15 is 0 Å². The van der Waals surface area contributed by atoms with Crippen LogP contribution in [0.4, 0.5) is 5.69 Å². The summed E-state index contributed by atoms with van der Waals surface area (Å²) in [5, 5.41) is 0.625. The maximum absolute atomic E-state index is 14.0. The number of anilines is 1. The summed E-state index contributed by atoms with van der Waals surface area (Å²) in [5.74, 6) is 0.502. The number of carbonyl (C=O) groups is 2. The van der Waals surface area contributed by atoms with Crippen molar-refractivity contribution in [1.29, 1.82) is 0 Å². The third kappa shape index (κ3) is 3.15. The minimum absolute atomic E-state index is 0.0865. The van der Waals surface area contributed by atoms with Crippen molar-refractivity contribution in [3.8, 4) is 0 Å². The molecule has 1 unspecified atom stereocenters. The zero-order valence-electron chi connectivity index (χ0n) is 17.0. The molecule has 0 saturated carbocycles. The van der Waals surface area contributed by atoms with Crippen LogP contribution in [0.2, 0.25) is 5.02 Å². The van der Waals surface area contributed by atoms with Gasteiger partial charge in [0.15, 0.2) is 4.87 Å². The number of hydrogen-bond donors (Lipinski definition) is 0. The van der Waals surface area contributed by atoms with Crippen molar-refractivity contribution in [1.82, 2.24) is 4.90 Å². The Hall–Kier alpha value is -2.76. The minimum Gasteiger partial charge on any atom is -0.311 e. The SMILES string of the molecule is Cc1ccc(C(=O)N2CCSC23C(=O)N(Cc2ccccc2Cl)c2ccccc23)cc1. The maximum Gasteiger partial charge on any atom is 0.268 e. The summed E-state index contributed by atoms with van der Waals surface area (Å²) in [4.78, 5) is 30.0. The van der Waals surface area contributed by atoms with Crippen LogP contribution in [0, 0.1) is 6.92 Å². The van der Waals surface area contributed by atoms with Crippen LogP contribution in [0.15, 0.2) is 72.8 Å². The largest absolute Gasteiger partial charge is 0.311 e. The predicted octanol–water partition coefficient (Wildman–Crippen LogP) is 5.24. The number of halogens is 1. The number of fused-ring (bicyclic) bond motifs is 2. The molecule has 0 N–H and O–H groups in total. The lowest BCUT2D eigenvalue weighted by Gasteiger charge is -2.33. The van der Waals surface area contributed by atoms with Gasteiger partial charge >= 0.3 is 0 Å². The van der Waals surface area contributed by atoms with Gasteiger partial charge in [-0.3, -0.25) is 9.59 Å². The van der Waals surface area contributed by atoms with Gasteiger partial charge < -0.3 is 9.80 Å².